The summed E-state index contributed by atoms with van der Waals surface area (Å²) in [6.45, 7) is 2.98. The number of nitrogens with two attached hydrogens (primary N) is 1. The third-order valence-electron chi connectivity index (χ3n) is 3.78. The van der Waals surface area contributed by atoms with Crippen LogP contribution in [0.1, 0.15) is 12.5 Å². The average Bonchev–Trinajstić information content (AvgIpc) is 2.63. The number of nitrogens with one attached hydrogen (secondary N) is 1. The Morgan fingerprint density at radius 2 is 1.96 bits per heavy atom. The van der Waals surface area contributed by atoms with Gasteiger partial charge in [-0.25, -0.2) is 9.97 Å². The van der Waals surface area contributed by atoms with Crippen molar-refractivity contribution in [1.82, 2.24) is 9.97 Å². The molecule has 1 aromatic heterocycles. The molecule has 126 valence electrons. The largest absolute Gasteiger partial charge is 0.481 e. The van der Waals surface area contributed by atoms with Crippen molar-refractivity contribution < 1.29 is 4.74 Å². The van der Waals surface area contributed by atoms with E-state index < -0.39 is 0 Å². The average molecular weight is 332 g/mol. The highest BCUT2D eigenvalue weighted by Gasteiger charge is 2.04. The SMILES string of the molecule is CC#CCOc1ccc(CCNc2ncnc3ccc(N)cc23)cc1. The molecule has 5 heteroatoms. The van der Waals surface area contributed by atoms with Gasteiger partial charge in [0.15, 0.2) is 0 Å². The lowest BCUT2D eigenvalue weighted by Crippen LogP contribution is -2.07. The maximum atomic E-state index is 5.87. The van der Waals surface area contributed by atoms with Crippen LogP contribution in [0.25, 0.3) is 10.9 Å². The molecule has 0 aliphatic carbocycles. The van der Waals surface area contributed by atoms with E-state index in [1.165, 1.54) is 5.56 Å². The third kappa shape index (κ3) is 4.39. The maximum Gasteiger partial charge on any atom is 0.149 e. The number of hydrogen-bond donors (Lipinski definition) is 2. The van der Waals surface area contributed by atoms with Crippen molar-refractivity contribution in [2.24, 2.45) is 0 Å². The van der Waals surface area contributed by atoms with E-state index in [0.717, 1.165) is 35.4 Å². The zero-order chi connectivity index (χ0) is 17.5. The summed E-state index contributed by atoms with van der Waals surface area (Å²) in [5.74, 6) is 7.32. The van der Waals surface area contributed by atoms with Gasteiger partial charge in [0.2, 0.25) is 0 Å². The van der Waals surface area contributed by atoms with Gasteiger partial charge in [0.1, 0.15) is 24.5 Å². The highest BCUT2D eigenvalue weighted by atomic mass is 16.5. The molecule has 3 rings (SSSR count). The lowest BCUT2D eigenvalue weighted by atomic mass is 10.1. The Morgan fingerprint density at radius 3 is 2.76 bits per heavy atom. The topological polar surface area (TPSA) is 73.1 Å². The smallest absolute Gasteiger partial charge is 0.149 e. The van der Waals surface area contributed by atoms with Crippen LogP contribution in [0.5, 0.6) is 5.75 Å². The quantitative estimate of drug-likeness (QED) is 0.535. The van der Waals surface area contributed by atoms with E-state index in [1.807, 2.05) is 30.3 Å². The fourth-order valence-corrected chi connectivity index (χ4v) is 2.48. The van der Waals surface area contributed by atoms with Crippen LogP contribution in [0, 0.1) is 11.8 Å². The monoisotopic (exact) mass is 332 g/mol. The summed E-state index contributed by atoms with van der Waals surface area (Å²) in [6, 6.07) is 13.7. The van der Waals surface area contributed by atoms with Crippen molar-refractivity contribution in [1.29, 1.82) is 0 Å². The van der Waals surface area contributed by atoms with E-state index in [4.69, 9.17) is 10.5 Å². The molecule has 0 bridgehead atoms. The number of nitrogen functional groups attached to an aromatic ring is 1. The Bertz CT molecular complexity index is 910. The van der Waals surface area contributed by atoms with Gasteiger partial charge in [-0.3, -0.25) is 0 Å². The molecular weight excluding hydrogens is 312 g/mol. The molecule has 3 aromatic rings. The van der Waals surface area contributed by atoms with Gasteiger partial charge in [-0.05, 0) is 49.2 Å². The Balaban J connectivity index is 1.59. The van der Waals surface area contributed by atoms with Gasteiger partial charge in [-0.1, -0.05) is 18.1 Å². The lowest BCUT2D eigenvalue weighted by molar-refractivity contribution is 0.370. The van der Waals surface area contributed by atoms with Crippen molar-refractivity contribution in [2.75, 3.05) is 24.2 Å². The first kappa shape index (κ1) is 16.6. The van der Waals surface area contributed by atoms with E-state index in [-0.39, 0.29) is 0 Å². The van der Waals surface area contributed by atoms with Crippen LogP contribution in [0.3, 0.4) is 0 Å². The number of benzene rings is 2. The van der Waals surface area contributed by atoms with Crippen molar-refractivity contribution in [3.05, 3.63) is 54.4 Å². The number of ether oxygens (including phenoxy) is 1. The molecule has 0 fully saturated rings. The number of rotatable bonds is 6. The summed E-state index contributed by atoms with van der Waals surface area (Å²) < 4.78 is 5.52. The first-order valence-electron chi connectivity index (χ1n) is 8.12. The number of fused-ring (bicyclic) bond motifs is 1. The van der Waals surface area contributed by atoms with Gasteiger partial charge < -0.3 is 15.8 Å². The second-order valence-electron chi connectivity index (χ2n) is 5.54. The minimum absolute atomic E-state index is 0.418. The first-order chi connectivity index (χ1) is 12.3. The van der Waals surface area contributed by atoms with Crippen LogP contribution in [0.15, 0.2) is 48.8 Å². The fourth-order valence-electron chi connectivity index (χ4n) is 2.48. The molecule has 0 saturated carbocycles. The fraction of sp³-hybridized carbons (Fsp3) is 0.200. The first-order valence-corrected chi connectivity index (χ1v) is 8.12. The summed E-state index contributed by atoms with van der Waals surface area (Å²) in [5.41, 5.74) is 8.67. The molecule has 5 nitrogen and oxygen atoms in total. The summed E-state index contributed by atoms with van der Waals surface area (Å²) >= 11 is 0. The van der Waals surface area contributed by atoms with Gasteiger partial charge in [0.05, 0.1) is 5.52 Å². The molecule has 25 heavy (non-hydrogen) atoms. The zero-order valence-corrected chi connectivity index (χ0v) is 14.1. The van der Waals surface area contributed by atoms with Gasteiger partial charge in [-0.15, -0.1) is 5.92 Å². The van der Waals surface area contributed by atoms with E-state index in [0.29, 0.717) is 12.3 Å². The minimum atomic E-state index is 0.418. The van der Waals surface area contributed by atoms with Crippen LogP contribution in [-0.4, -0.2) is 23.1 Å². The van der Waals surface area contributed by atoms with Crippen molar-refractivity contribution in [2.45, 2.75) is 13.3 Å². The number of nitrogens with zero attached hydrogens (tertiary/aromatic N) is 2. The molecule has 0 aliphatic heterocycles. The van der Waals surface area contributed by atoms with Crippen LogP contribution in [-0.2, 0) is 6.42 Å². The van der Waals surface area contributed by atoms with Gasteiger partial charge in [0, 0.05) is 17.6 Å². The predicted octanol–water partition coefficient (Wildman–Crippen LogP) is 3.27. The van der Waals surface area contributed by atoms with Gasteiger partial charge in [-0.2, -0.15) is 0 Å². The van der Waals surface area contributed by atoms with Crippen molar-refractivity contribution in [3.63, 3.8) is 0 Å². The van der Waals surface area contributed by atoms with E-state index >= 15 is 0 Å². The second kappa shape index (κ2) is 8.02. The molecule has 0 aliphatic rings. The maximum absolute atomic E-state index is 5.87. The highest BCUT2D eigenvalue weighted by Crippen LogP contribution is 2.21. The lowest BCUT2D eigenvalue weighted by Gasteiger charge is -2.09. The molecule has 2 aromatic carbocycles. The molecule has 0 saturated heterocycles. The minimum Gasteiger partial charge on any atom is -0.481 e. The molecule has 0 unspecified atom stereocenters. The summed E-state index contributed by atoms with van der Waals surface area (Å²) in [6.07, 6.45) is 2.44. The molecule has 0 spiro atoms. The summed E-state index contributed by atoms with van der Waals surface area (Å²) in [4.78, 5) is 8.58. The zero-order valence-electron chi connectivity index (χ0n) is 14.1. The standard InChI is InChI=1S/C20H20N4O/c1-2-3-12-25-17-7-4-15(5-8-17)10-11-22-20-18-13-16(21)6-9-19(18)23-14-24-20/h4-9,13-14H,10-12,21H2,1H3,(H,22,23,24). The molecular formula is C20H20N4O. The normalized spacial score (nSPS) is 10.1. The van der Waals surface area contributed by atoms with Crippen molar-refractivity contribution in [3.8, 4) is 17.6 Å². The number of aromatic nitrogens is 2. The third-order valence-corrected chi connectivity index (χ3v) is 3.78. The van der Waals surface area contributed by atoms with Crippen LogP contribution in [0.4, 0.5) is 11.5 Å². The Hall–Kier alpha value is -3.26. The molecule has 0 amide bonds. The van der Waals surface area contributed by atoms with Crippen LogP contribution < -0.4 is 15.8 Å². The summed E-state index contributed by atoms with van der Waals surface area (Å²) in [7, 11) is 0. The van der Waals surface area contributed by atoms with E-state index in [1.54, 1.807) is 13.3 Å². The molecule has 1 heterocycles. The van der Waals surface area contributed by atoms with E-state index in [9.17, 15) is 0 Å². The Kier molecular flexibility index (Phi) is 5.32. The van der Waals surface area contributed by atoms with Crippen LogP contribution >= 0.6 is 0 Å². The molecule has 3 N–H and O–H groups in total. The molecule has 0 atom stereocenters. The van der Waals surface area contributed by atoms with Crippen LogP contribution in [0.2, 0.25) is 0 Å². The second-order valence-corrected chi connectivity index (χ2v) is 5.54. The van der Waals surface area contributed by atoms with Crippen molar-refractivity contribution >= 4 is 22.4 Å². The highest BCUT2D eigenvalue weighted by molar-refractivity contribution is 5.91. The molecule has 0 radical (unpaired) electrons. The van der Waals surface area contributed by atoms with E-state index in [2.05, 4.69) is 39.3 Å². The number of hydrogen-bond acceptors (Lipinski definition) is 5. The van der Waals surface area contributed by atoms with Gasteiger partial charge >= 0.3 is 0 Å². The van der Waals surface area contributed by atoms with Gasteiger partial charge in [0.25, 0.3) is 0 Å². The number of anilines is 2. The summed E-state index contributed by atoms with van der Waals surface area (Å²) in [5, 5.41) is 4.30. The Labute approximate surface area is 147 Å². The predicted molar refractivity (Wildman–Crippen MR) is 102 cm³/mol. The Morgan fingerprint density at radius 1 is 1.12 bits per heavy atom.